The van der Waals surface area contributed by atoms with Crippen molar-refractivity contribution in [2.24, 2.45) is 28.6 Å². The third kappa shape index (κ3) is 2.54. The van der Waals surface area contributed by atoms with Gasteiger partial charge in [-0.3, -0.25) is 9.59 Å². The first-order valence-corrected chi connectivity index (χ1v) is 11.0. The van der Waals surface area contributed by atoms with Crippen molar-refractivity contribution in [2.75, 3.05) is 0 Å². The summed E-state index contributed by atoms with van der Waals surface area (Å²) in [4.78, 5) is 24.0. The Morgan fingerprint density at radius 3 is 2.48 bits per heavy atom. The van der Waals surface area contributed by atoms with Gasteiger partial charge in [-0.25, -0.2) is 0 Å². The standard InChI is InChI=1S/C25H34O4/c1-14-15(2)25(28,16(3)26)24(6)12-10-21-20(22(14)24)8-7-18-13-19(29-17(4)27)9-11-23(18,21)5/h7,19-22,28H,1-2,8-13H2,3-6H3/t19?,20-,21+,22+,23+,24+,25+/m1/s1. The van der Waals surface area contributed by atoms with Crippen molar-refractivity contribution < 1.29 is 19.4 Å². The monoisotopic (exact) mass is 398 g/mol. The Balaban J connectivity index is 1.70. The summed E-state index contributed by atoms with van der Waals surface area (Å²) < 4.78 is 5.52. The maximum absolute atomic E-state index is 12.6. The Labute approximate surface area is 174 Å². The second-order valence-electron chi connectivity index (χ2n) is 10.3. The van der Waals surface area contributed by atoms with Crippen molar-refractivity contribution in [3.05, 3.63) is 36.0 Å². The van der Waals surface area contributed by atoms with E-state index in [1.54, 1.807) is 0 Å². The van der Waals surface area contributed by atoms with Crippen molar-refractivity contribution in [1.82, 2.24) is 0 Å². The van der Waals surface area contributed by atoms with Crippen molar-refractivity contribution in [3.8, 4) is 0 Å². The number of Topliss-reactive ketones (excluding diaryl/α,β-unsaturated/α-hetero) is 1. The Kier molecular flexibility index (Phi) is 4.55. The highest BCUT2D eigenvalue weighted by Crippen LogP contribution is 2.69. The summed E-state index contributed by atoms with van der Waals surface area (Å²) in [6, 6.07) is 0. The van der Waals surface area contributed by atoms with Crippen molar-refractivity contribution in [3.63, 3.8) is 0 Å². The molecule has 0 aromatic carbocycles. The van der Waals surface area contributed by atoms with Crippen LogP contribution in [0, 0.1) is 28.6 Å². The Bertz CT molecular complexity index is 838. The molecule has 3 fully saturated rings. The molecule has 4 rings (SSSR count). The van der Waals surface area contributed by atoms with E-state index < -0.39 is 11.0 Å². The Morgan fingerprint density at radius 1 is 1.17 bits per heavy atom. The van der Waals surface area contributed by atoms with E-state index in [0.717, 1.165) is 44.1 Å². The number of hydrogen-bond acceptors (Lipinski definition) is 4. The summed E-state index contributed by atoms with van der Waals surface area (Å²) in [5.41, 5.74) is 0.858. The quantitative estimate of drug-likeness (QED) is 0.548. The van der Waals surface area contributed by atoms with Gasteiger partial charge >= 0.3 is 5.97 Å². The number of carbonyl (C=O) groups excluding carboxylic acids is 2. The first-order valence-electron chi connectivity index (χ1n) is 11.0. The fourth-order valence-corrected chi connectivity index (χ4v) is 7.60. The zero-order valence-corrected chi connectivity index (χ0v) is 18.2. The van der Waals surface area contributed by atoms with Gasteiger partial charge in [-0.1, -0.05) is 38.7 Å². The molecule has 0 saturated heterocycles. The van der Waals surface area contributed by atoms with Gasteiger partial charge in [-0.15, -0.1) is 0 Å². The van der Waals surface area contributed by atoms with E-state index in [4.69, 9.17) is 4.74 Å². The fraction of sp³-hybridized carbons (Fsp3) is 0.680. The molecule has 1 unspecified atom stereocenters. The molecule has 3 saturated carbocycles. The third-order valence-electron chi connectivity index (χ3n) is 9.10. The molecule has 158 valence electrons. The molecule has 0 amide bonds. The number of hydrogen-bond donors (Lipinski definition) is 1. The largest absolute Gasteiger partial charge is 0.462 e. The van der Waals surface area contributed by atoms with Crippen LogP contribution in [0.3, 0.4) is 0 Å². The van der Waals surface area contributed by atoms with Gasteiger partial charge < -0.3 is 9.84 Å². The van der Waals surface area contributed by atoms with Gasteiger partial charge in [-0.2, -0.15) is 0 Å². The van der Waals surface area contributed by atoms with Gasteiger partial charge in [0, 0.05) is 18.8 Å². The van der Waals surface area contributed by atoms with Gasteiger partial charge in [0.15, 0.2) is 11.4 Å². The van der Waals surface area contributed by atoms with Gasteiger partial charge in [0.25, 0.3) is 0 Å². The van der Waals surface area contributed by atoms with Crippen molar-refractivity contribution in [2.45, 2.75) is 77.9 Å². The minimum atomic E-state index is -1.50. The lowest BCUT2D eigenvalue weighted by molar-refractivity contribution is -0.155. The number of rotatable bonds is 2. The molecule has 4 aliphatic rings. The molecule has 1 N–H and O–H groups in total. The van der Waals surface area contributed by atoms with Gasteiger partial charge in [0.1, 0.15) is 6.10 Å². The molecule has 4 nitrogen and oxygen atoms in total. The van der Waals surface area contributed by atoms with E-state index in [-0.39, 0.29) is 29.2 Å². The normalized spacial score (nSPS) is 46.3. The molecule has 0 aliphatic heterocycles. The highest BCUT2D eigenvalue weighted by Gasteiger charge is 2.68. The summed E-state index contributed by atoms with van der Waals surface area (Å²) in [5.74, 6) is 0.490. The van der Waals surface area contributed by atoms with Crippen LogP contribution in [-0.2, 0) is 14.3 Å². The number of esters is 1. The predicted molar refractivity (Wildman–Crippen MR) is 112 cm³/mol. The van der Waals surface area contributed by atoms with E-state index in [0.29, 0.717) is 17.4 Å². The predicted octanol–water partition coefficient (Wildman–Crippen LogP) is 4.53. The molecular weight excluding hydrogens is 364 g/mol. The fourth-order valence-electron chi connectivity index (χ4n) is 7.60. The lowest BCUT2D eigenvalue weighted by atomic mass is 9.46. The minimum absolute atomic E-state index is 0.0127. The molecule has 29 heavy (non-hydrogen) atoms. The molecule has 0 heterocycles. The molecule has 7 atom stereocenters. The molecule has 0 aromatic heterocycles. The summed E-state index contributed by atoms with van der Waals surface area (Å²) in [6.45, 7) is 15.8. The lowest BCUT2D eigenvalue weighted by Gasteiger charge is -2.58. The number of aliphatic hydroxyl groups is 1. The molecular formula is C25H34O4. The van der Waals surface area contributed by atoms with E-state index in [1.807, 2.05) is 0 Å². The van der Waals surface area contributed by atoms with E-state index in [2.05, 4.69) is 33.1 Å². The van der Waals surface area contributed by atoms with E-state index >= 15 is 0 Å². The second kappa shape index (κ2) is 6.41. The molecule has 0 aromatic rings. The number of ketones is 1. The van der Waals surface area contributed by atoms with Crippen LogP contribution in [-0.4, -0.2) is 28.6 Å². The number of ether oxygens (including phenoxy) is 1. The van der Waals surface area contributed by atoms with Gasteiger partial charge in [-0.05, 0) is 73.3 Å². The van der Waals surface area contributed by atoms with E-state index in [9.17, 15) is 14.7 Å². The average molecular weight is 399 g/mol. The van der Waals surface area contributed by atoms with Crippen LogP contribution in [0.4, 0.5) is 0 Å². The SMILES string of the molecule is C=C1C(=C)[C@](O)(C(C)=O)[C@@]2(C)CC[C@H]3[C@@H](CC=C4CC(OC(C)=O)CC[C@@]43C)[C@H]12. The zero-order valence-electron chi connectivity index (χ0n) is 18.2. The summed E-state index contributed by atoms with van der Waals surface area (Å²) in [6.07, 6.45) is 7.76. The van der Waals surface area contributed by atoms with E-state index in [1.165, 1.54) is 19.4 Å². The maximum atomic E-state index is 12.6. The van der Waals surface area contributed by atoms with Gasteiger partial charge in [0.2, 0.25) is 0 Å². The first-order chi connectivity index (χ1) is 13.5. The lowest BCUT2D eigenvalue weighted by Crippen LogP contribution is -2.57. The smallest absolute Gasteiger partial charge is 0.302 e. The van der Waals surface area contributed by atoms with Crippen LogP contribution < -0.4 is 0 Å². The Morgan fingerprint density at radius 2 is 1.86 bits per heavy atom. The summed E-state index contributed by atoms with van der Waals surface area (Å²) >= 11 is 0. The number of carbonyl (C=O) groups is 2. The van der Waals surface area contributed by atoms with Crippen LogP contribution >= 0.6 is 0 Å². The molecule has 4 heteroatoms. The average Bonchev–Trinajstić information content (AvgIpc) is 2.80. The third-order valence-corrected chi connectivity index (χ3v) is 9.10. The molecule has 0 radical (unpaired) electrons. The second-order valence-corrected chi connectivity index (χ2v) is 10.3. The van der Waals surface area contributed by atoms with Crippen LogP contribution in [0.25, 0.3) is 0 Å². The maximum Gasteiger partial charge on any atom is 0.302 e. The van der Waals surface area contributed by atoms with Crippen LogP contribution in [0.2, 0.25) is 0 Å². The number of allylic oxidation sites excluding steroid dienone is 1. The Hall–Kier alpha value is -1.68. The summed E-state index contributed by atoms with van der Waals surface area (Å²) in [5, 5.41) is 11.5. The van der Waals surface area contributed by atoms with Gasteiger partial charge in [0.05, 0.1) is 0 Å². The van der Waals surface area contributed by atoms with Crippen molar-refractivity contribution >= 4 is 11.8 Å². The highest BCUT2D eigenvalue weighted by molar-refractivity contribution is 5.92. The van der Waals surface area contributed by atoms with Crippen LogP contribution in [0.15, 0.2) is 36.0 Å². The highest BCUT2D eigenvalue weighted by atomic mass is 16.5. The molecule has 0 bridgehead atoms. The first kappa shape index (κ1) is 20.6. The van der Waals surface area contributed by atoms with Crippen LogP contribution in [0.1, 0.15) is 66.2 Å². The minimum Gasteiger partial charge on any atom is -0.462 e. The topological polar surface area (TPSA) is 63.6 Å². The zero-order chi connectivity index (χ0) is 21.4. The summed E-state index contributed by atoms with van der Waals surface area (Å²) in [7, 11) is 0. The molecule has 4 aliphatic carbocycles. The van der Waals surface area contributed by atoms with Crippen molar-refractivity contribution in [1.29, 1.82) is 0 Å². The van der Waals surface area contributed by atoms with Crippen LogP contribution in [0.5, 0.6) is 0 Å². The molecule has 0 spiro atoms. The number of fused-ring (bicyclic) bond motifs is 5.